The van der Waals surface area contributed by atoms with Crippen LogP contribution in [-0.4, -0.2) is 35.9 Å². The first kappa shape index (κ1) is 17.3. The topological polar surface area (TPSA) is 111 Å². The van der Waals surface area contributed by atoms with Gasteiger partial charge in [0.15, 0.2) is 0 Å². The van der Waals surface area contributed by atoms with Crippen LogP contribution in [0.3, 0.4) is 0 Å². The third-order valence-corrected chi connectivity index (χ3v) is 5.69. The van der Waals surface area contributed by atoms with Gasteiger partial charge in [0, 0.05) is 30.4 Å². The van der Waals surface area contributed by atoms with Crippen LogP contribution in [-0.2, 0) is 6.42 Å². The Morgan fingerprint density at radius 2 is 2.25 bits per heavy atom. The van der Waals surface area contributed by atoms with E-state index in [9.17, 15) is 4.79 Å². The molecule has 2 aromatic heterocycles. The largest absolute Gasteiger partial charge is 0.397 e. The van der Waals surface area contributed by atoms with E-state index >= 15 is 0 Å². The van der Waals surface area contributed by atoms with E-state index in [4.69, 9.17) is 33.8 Å². The molecule has 6 N–H and O–H groups in total. The number of nitrogen functional groups attached to an aromatic ring is 1. The van der Waals surface area contributed by atoms with Crippen molar-refractivity contribution in [3.63, 3.8) is 0 Å². The van der Waals surface area contributed by atoms with Crippen molar-refractivity contribution < 1.29 is 4.79 Å². The highest BCUT2D eigenvalue weighted by molar-refractivity contribution is 7.21. The number of nitrogens with zero attached hydrogens (tertiary/aromatic N) is 2. The molecule has 0 bridgehead atoms. The number of alkyl halides is 1. The van der Waals surface area contributed by atoms with Crippen molar-refractivity contribution in [3.8, 4) is 0 Å². The minimum absolute atomic E-state index is 0.149. The fourth-order valence-electron chi connectivity index (χ4n) is 3.21. The van der Waals surface area contributed by atoms with Crippen molar-refractivity contribution in [2.24, 2.45) is 11.5 Å². The molecule has 1 unspecified atom stereocenters. The number of carbonyl (C=O) groups is 1. The number of aryl methyl sites for hydroxylation is 1. The van der Waals surface area contributed by atoms with Gasteiger partial charge >= 0.3 is 0 Å². The van der Waals surface area contributed by atoms with Crippen LogP contribution in [0.5, 0.6) is 0 Å². The van der Waals surface area contributed by atoms with E-state index in [1.807, 2.05) is 6.07 Å². The van der Waals surface area contributed by atoms with Crippen LogP contribution in [0.15, 0.2) is 6.07 Å². The first-order valence-electron chi connectivity index (χ1n) is 8.09. The zero-order chi connectivity index (χ0) is 17.3. The van der Waals surface area contributed by atoms with Gasteiger partial charge in [-0.2, -0.15) is 0 Å². The molecule has 1 fully saturated rings. The van der Waals surface area contributed by atoms with Gasteiger partial charge < -0.3 is 22.1 Å². The van der Waals surface area contributed by atoms with Gasteiger partial charge in [-0.05, 0) is 30.9 Å². The summed E-state index contributed by atoms with van der Waals surface area (Å²) in [6, 6.07) is 2.17. The molecule has 0 aliphatic carbocycles. The monoisotopic (exact) mass is 367 g/mol. The molecule has 3 heterocycles. The Labute approximate surface area is 149 Å². The fraction of sp³-hybridized carbons (Fsp3) is 0.500. The lowest BCUT2D eigenvalue weighted by atomic mass is 10.1. The Hall–Kier alpha value is -1.57. The standard InChI is InChI=1S/C16H22ClN5OS/c17-5-4-9-7-11(22-6-2-1-3-10(18)8-22)21-16-12(9)13(19)14(24-16)15(20)23/h7,10H,1-6,8,18-19H2,(H2,20,23). The summed E-state index contributed by atoms with van der Waals surface area (Å²) in [6.07, 6.45) is 3.92. The highest BCUT2D eigenvalue weighted by Crippen LogP contribution is 2.37. The Morgan fingerprint density at radius 1 is 1.46 bits per heavy atom. The summed E-state index contributed by atoms with van der Waals surface area (Å²) in [5.41, 5.74) is 19.2. The molecule has 0 saturated carbocycles. The van der Waals surface area contributed by atoms with Gasteiger partial charge in [-0.15, -0.1) is 22.9 Å². The summed E-state index contributed by atoms with van der Waals surface area (Å²) in [5.74, 6) is 0.821. The van der Waals surface area contributed by atoms with Crippen LogP contribution >= 0.6 is 22.9 Å². The van der Waals surface area contributed by atoms with E-state index in [2.05, 4.69) is 4.90 Å². The molecule has 3 rings (SSSR count). The van der Waals surface area contributed by atoms with Gasteiger partial charge in [0.25, 0.3) is 5.91 Å². The summed E-state index contributed by atoms with van der Waals surface area (Å²) in [7, 11) is 0. The van der Waals surface area contributed by atoms with Crippen LogP contribution < -0.4 is 22.1 Å². The normalized spacial score (nSPS) is 18.8. The van der Waals surface area contributed by atoms with Gasteiger partial charge in [-0.25, -0.2) is 4.98 Å². The Bertz CT molecular complexity index is 762. The molecule has 8 heteroatoms. The van der Waals surface area contributed by atoms with Gasteiger partial charge in [0.2, 0.25) is 0 Å². The number of pyridine rings is 1. The SMILES string of the molecule is NC(=O)c1sc2nc(N3CCCCC(N)C3)cc(CCCl)c2c1N. The molecule has 24 heavy (non-hydrogen) atoms. The molecule has 0 spiro atoms. The summed E-state index contributed by atoms with van der Waals surface area (Å²) >= 11 is 7.21. The van der Waals surface area contributed by atoms with E-state index in [-0.39, 0.29) is 6.04 Å². The number of anilines is 2. The third-order valence-electron chi connectivity index (χ3n) is 4.39. The maximum Gasteiger partial charge on any atom is 0.260 e. The quantitative estimate of drug-likeness (QED) is 0.716. The maximum absolute atomic E-state index is 11.6. The number of amides is 1. The molecule has 1 aliphatic heterocycles. The number of primary amides is 1. The number of thiophene rings is 1. The zero-order valence-corrected chi connectivity index (χ0v) is 15.0. The molecule has 6 nitrogen and oxygen atoms in total. The second kappa shape index (κ2) is 7.13. The van der Waals surface area contributed by atoms with Crippen molar-refractivity contribution in [1.82, 2.24) is 4.98 Å². The zero-order valence-electron chi connectivity index (χ0n) is 13.4. The van der Waals surface area contributed by atoms with Crippen LogP contribution in [0.2, 0.25) is 0 Å². The van der Waals surface area contributed by atoms with Crippen molar-refractivity contribution in [2.45, 2.75) is 31.7 Å². The molecule has 0 aromatic carbocycles. The number of hydrogen-bond acceptors (Lipinski definition) is 6. The summed E-state index contributed by atoms with van der Waals surface area (Å²) in [6.45, 7) is 1.71. The fourth-order valence-corrected chi connectivity index (χ4v) is 4.40. The van der Waals surface area contributed by atoms with Crippen molar-refractivity contribution in [2.75, 3.05) is 29.6 Å². The molecule has 2 aromatic rings. The Balaban J connectivity index is 2.10. The Morgan fingerprint density at radius 3 is 2.96 bits per heavy atom. The predicted molar refractivity (Wildman–Crippen MR) is 101 cm³/mol. The highest BCUT2D eigenvalue weighted by Gasteiger charge is 2.22. The lowest BCUT2D eigenvalue weighted by Gasteiger charge is -2.24. The molecule has 1 aliphatic rings. The number of halogens is 1. The van der Waals surface area contributed by atoms with Crippen molar-refractivity contribution in [3.05, 3.63) is 16.5 Å². The highest BCUT2D eigenvalue weighted by atomic mass is 35.5. The van der Waals surface area contributed by atoms with Gasteiger partial charge in [-0.1, -0.05) is 6.42 Å². The number of rotatable bonds is 4. The Kier molecular flexibility index (Phi) is 5.12. The van der Waals surface area contributed by atoms with E-state index < -0.39 is 5.91 Å². The van der Waals surface area contributed by atoms with Crippen LogP contribution in [0.25, 0.3) is 10.2 Å². The molecular formula is C16H22ClN5OS. The average molecular weight is 368 g/mol. The van der Waals surface area contributed by atoms with Crippen LogP contribution in [0.1, 0.15) is 34.5 Å². The maximum atomic E-state index is 11.6. The first-order valence-corrected chi connectivity index (χ1v) is 9.44. The second-order valence-corrected chi connectivity index (χ2v) is 7.55. The minimum atomic E-state index is -0.523. The van der Waals surface area contributed by atoms with Crippen LogP contribution in [0, 0.1) is 0 Å². The lowest BCUT2D eigenvalue weighted by molar-refractivity contribution is 0.100. The number of hydrogen-bond donors (Lipinski definition) is 3. The van der Waals surface area contributed by atoms with E-state index in [1.165, 1.54) is 11.3 Å². The first-order chi connectivity index (χ1) is 11.5. The minimum Gasteiger partial charge on any atom is -0.397 e. The molecular weight excluding hydrogens is 346 g/mol. The molecule has 1 saturated heterocycles. The van der Waals surface area contributed by atoms with E-state index in [1.54, 1.807) is 0 Å². The summed E-state index contributed by atoms with van der Waals surface area (Å²) in [5, 5.41) is 0.803. The smallest absolute Gasteiger partial charge is 0.260 e. The summed E-state index contributed by atoms with van der Waals surface area (Å²) < 4.78 is 0. The molecule has 1 amide bonds. The number of fused-ring (bicyclic) bond motifs is 1. The molecule has 0 radical (unpaired) electrons. The number of aromatic nitrogens is 1. The molecule has 1 atom stereocenters. The lowest BCUT2D eigenvalue weighted by Crippen LogP contribution is -2.36. The average Bonchev–Trinajstić information content (AvgIpc) is 2.73. The summed E-state index contributed by atoms with van der Waals surface area (Å²) in [4.78, 5) is 19.7. The van der Waals surface area contributed by atoms with Crippen LogP contribution in [0.4, 0.5) is 11.5 Å². The van der Waals surface area contributed by atoms with Gasteiger partial charge in [0.1, 0.15) is 15.5 Å². The van der Waals surface area contributed by atoms with Crippen molar-refractivity contribution in [1.29, 1.82) is 0 Å². The van der Waals surface area contributed by atoms with Crippen molar-refractivity contribution >= 4 is 50.6 Å². The number of nitrogens with two attached hydrogens (primary N) is 3. The van der Waals surface area contributed by atoms with E-state index in [0.29, 0.717) is 22.9 Å². The van der Waals surface area contributed by atoms with E-state index in [0.717, 1.165) is 53.9 Å². The predicted octanol–water partition coefficient (Wildman–Crippen LogP) is 2.08. The van der Waals surface area contributed by atoms with Gasteiger partial charge in [-0.3, -0.25) is 4.79 Å². The second-order valence-electron chi connectivity index (χ2n) is 6.17. The molecule has 130 valence electrons. The third kappa shape index (κ3) is 3.29. The number of carbonyl (C=O) groups excluding carboxylic acids is 1. The van der Waals surface area contributed by atoms with Gasteiger partial charge in [0.05, 0.1) is 5.69 Å².